The fourth-order valence-corrected chi connectivity index (χ4v) is 1.73. The summed E-state index contributed by atoms with van der Waals surface area (Å²) in [7, 11) is 0. The Bertz CT molecular complexity index is 808. The minimum absolute atomic E-state index is 0.0355. The highest BCUT2D eigenvalue weighted by molar-refractivity contribution is 6.28. The lowest BCUT2D eigenvalue weighted by molar-refractivity contribution is 0.448. The normalized spacial score (nSPS) is 10.9. The molecule has 0 aliphatic carbocycles. The van der Waals surface area contributed by atoms with Crippen molar-refractivity contribution in [2.45, 2.75) is 0 Å². The Kier molecular flexibility index (Phi) is 3.26. The molecule has 0 aliphatic heterocycles. The number of hydrogen-bond acceptors (Lipinski definition) is 5. The van der Waals surface area contributed by atoms with Crippen LogP contribution in [0.5, 0.6) is 0 Å². The molecule has 0 N–H and O–H groups in total. The molecule has 0 saturated carbocycles. The molecule has 0 bridgehead atoms. The maximum absolute atomic E-state index is 13.8. The molecule has 0 fully saturated rings. The van der Waals surface area contributed by atoms with Crippen LogP contribution in [0.3, 0.4) is 0 Å². The van der Waals surface area contributed by atoms with Crippen molar-refractivity contribution in [3.05, 3.63) is 47.5 Å². The number of rotatable bonds is 2. The van der Waals surface area contributed by atoms with E-state index in [0.717, 1.165) is 16.8 Å². The molecule has 2 heterocycles. The van der Waals surface area contributed by atoms with Gasteiger partial charge in [0.1, 0.15) is 12.7 Å². The second-order valence-corrected chi connectivity index (χ2v) is 4.13. The number of benzene rings is 1. The molecule has 21 heavy (non-hydrogen) atoms. The third-order valence-electron chi connectivity index (χ3n) is 2.50. The molecule has 1 aromatic carbocycles. The Morgan fingerprint density at radius 2 is 1.81 bits per heavy atom. The maximum atomic E-state index is 13.8. The molecule has 10 heteroatoms. The fraction of sp³-hybridized carbons (Fsp3) is 0. The van der Waals surface area contributed by atoms with Crippen LogP contribution in [0.1, 0.15) is 0 Å². The van der Waals surface area contributed by atoms with Gasteiger partial charge in [0, 0.05) is 0 Å². The molecular weight excluding hydrogens is 309 g/mol. The Morgan fingerprint density at radius 1 is 1.00 bits per heavy atom. The van der Waals surface area contributed by atoms with Crippen molar-refractivity contribution in [1.82, 2.24) is 29.7 Å². The molecule has 3 rings (SSSR count). The van der Waals surface area contributed by atoms with E-state index >= 15 is 0 Å². The lowest BCUT2D eigenvalue weighted by atomic mass is 10.2. The summed E-state index contributed by atoms with van der Waals surface area (Å²) >= 11 is 5.73. The molecule has 0 spiro atoms. The Hall–Kier alpha value is -2.55. The van der Waals surface area contributed by atoms with Gasteiger partial charge in [-0.25, -0.2) is 18.2 Å². The van der Waals surface area contributed by atoms with Crippen molar-refractivity contribution < 1.29 is 13.2 Å². The van der Waals surface area contributed by atoms with E-state index in [1.54, 1.807) is 0 Å². The number of halogens is 4. The van der Waals surface area contributed by atoms with Crippen LogP contribution >= 0.6 is 11.6 Å². The molecule has 0 amide bonds. The topological polar surface area (TPSA) is 69.4 Å². The first-order chi connectivity index (χ1) is 10.1. The average molecular weight is 313 g/mol. The molecule has 0 radical (unpaired) electrons. The molecule has 2 aromatic heterocycles. The van der Waals surface area contributed by atoms with E-state index in [1.807, 2.05) is 0 Å². The highest BCUT2D eigenvalue weighted by Crippen LogP contribution is 2.24. The number of aromatic nitrogens is 6. The van der Waals surface area contributed by atoms with E-state index in [9.17, 15) is 13.2 Å². The van der Waals surface area contributed by atoms with E-state index in [1.165, 1.54) is 12.7 Å². The van der Waals surface area contributed by atoms with Crippen molar-refractivity contribution in [1.29, 1.82) is 0 Å². The minimum Gasteiger partial charge on any atom is -0.223 e. The van der Waals surface area contributed by atoms with E-state index in [0.29, 0.717) is 0 Å². The zero-order valence-electron chi connectivity index (χ0n) is 10.0. The fourth-order valence-electron chi connectivity index (χ4n) is 1.57. The summed E-state index contributed by atoms with van der Waals surface area (Å²) in [6, 6.07) is 1.77. The van der Waals surface area contributed by atoms with Gasteiger partial charge in [0.2, 0.25) is 5.28 Å². The van der Waals surface area contributed by atoms with Gasteiger partial charge in [-0.2, -0.15) is 24.7 Å². The SMILES string of the molecule is Fc1ccc(-c2nc(Cl)nc(-n3cncn3)n2)c(F)c1F. The maximum Gasteiger partial charge on any atom is 0.256 e. The summed E-state index contributed by atoms with van der Waals surface area (Å²) in [5.74, 6) is -4.63. The van der Waals surface area contributed by atoms with E-state index in [4.69, 9.17) is 11.6 Å². The van der Waals surface area contributed by atoms with Crippen LogP contribution in [0.2, 0.25) is 5.28 Å². The van der Waals surface area contributed by atoms with E-state index < -0.39 is 17.5 Å². The highest BCUT2D eigenvalue weighted by Gasteiger charge is 2.18. The van der Waals surface area contributed by atoms with Gasteiger partial charge in [-0.1, -0.05) is 0 Å². The van der Waals surface area contributed by atoms with E-state index in [2.05, 4.69) is 25.0 Å². The second kappa shape index (κ2) is 5.09. The van der Waals surface area contributed by atoms with Crippen molar-refractivity contribution >= 4 is 11.6 Å². The van der Waals surface area contributed by atoms with Crippen molar-refractivity contribution in [2.75, 3.05) is 0 Å². The molecular formula is C11H4ClF3N6. The van der Waals surface area contributed by atoms with Crippen LogP contribution in [0.25, 0.3) is 17.3 Å². The summed E-state index contributed by atoms with van der Waals surface area (Å²) < 4.78 is 41.1. The Labute approximate surface area is 120 Å². The lowest BCUT2D eigenvalue weighted by Gasteiger charge is -2.05. The number of nitrogens with zero attached hydrogens (tertiary/aromatic N) is 6. The van der Waals surface area contributed by atoms with Crippen LogP contribution in [-0.2, 0) is 0 Å². The van der Waals surface area contributed by atoms with Crippen molar-refractivity contribution in [2.24, 2.45) is 0 Å². The first-order valence-corrected chi connectivity index (χ1v) is 5.84. The first kappa shape index (κ1) is 13.4. The predicted octanol–water partition coefficient (Wildman–Crippen LogP) is 2.19. The molecule has 6 nitrogen and oxygen atoms in total. The van der Waals surface area contributed by atoms with Crippen LogP contribution < -0.4 is 0 Å². The van der Waals surface area contributed by atoms with Gasteiger partial charge < -0.3 is 0 Å². The third kappa shape index (κ3) is 2.42. The van der Waals surface area contributed by atoms with Crippen LogP contribution in [0.4, 0.5) is 13.2 Å². The monoisotopic (exact) mass is 312 g/mol. The third-order valence-corrected chi connectivity index (χ3v) is 2.67. The smallest absolute Gasteiger partial charge is 0.223 e. The van der Waals surface area contributed by atoms with Gasteiger partial charge in [0.05, 0.1) is 5.56 Å². The summed E-state index contributed by atoms with van der Waals surface area (Å²) in [6.45, 7) is 0. The van der Waals surface area contributed by atoms with Gasteiger partial charge in [0.25, 0.3) is 5.95 Å². The first-order valence-electron chi connectivity index (χ1n) is 5.46. The zero-order chi connectivity index (χ0) is 15.0. The van der Waals surface area contributed by atoms with Crippen molar-refractivity contribution in [3.63, 3.8) is 0 Å². The van der Waals surface area contributed by atoms with Crippen molar-refractivity contribution in [3.8, 4) is 17.3 Å². The quantitative estimate of drug-likeness (QED) is 0.678. The second-order valence-electron chi connectivity index (χ2n) is 3.79. The molecule has 106 valence electrons. The van der Waals surface area contributed by atoms with Gasteiger partial charge in [0.15, 0.2) is 23.3 Å². The molecule has 0 atom stereocenters. The summed E-state index contributed by atoms with van der Waals surface area (Å²) in [5.41, 5.74) is -0.348. The Balaban J connectivity index is 2.18. The average Bonchev–Trinajstić information content (AvgIpc) is 2.98. The largest absolute Gasteiger partial charge is 0.256 e. The highest BCUT2D eigenvalue weighted by atomic mass is 35.5. The summed E-state index contributed by atoms with van der Waals surface area (Å²) in [5, 5.41) is 3.53. The molecule has 0 saturated heterocycles. The van der Waals surface area contributed by atoms with Gasteiger partial charge in [-0.3, -0.25) is 0 Å². The van der Waals surface area contributed by atoms with Gasteiger partial charge in [-0.05, 0) is 23.7 Å². The minimum atomic E-state index is -1.62. The van der Waals surface area contributed by atoms with Gasteiger partial charge in [-0.15, -0.1) is 0 Å². The molecule has 0 aliphatic rings. The molecule has 3 aromatic rings. The predicted molar refractivity (Wildman–Crippen MR) is 65.1 cm³/mol. The van der Waals surface area contributed by atoms with E-state index in [-0.39, 0.29) is 22.6 Å². The Morgan fingerprint density at radius 3 is 2.52 bits per heavy atom. The van der Waals surface area contributed by atoms with Gasteiger partial charge >= 0.3 is 0 Å². The molecule has 0 unspecified atom stereocenters. The van der Waals surface area contributed by atoms with Crippen LogP contribution in [0.15, 0.2) is 24.8 Å². The zero-order valence-corrected chi connectivity index (χ0v) is 10.8. The standard InChI is InChI=1S/C11H4ClF3N6/c12-10-18-9(5-1-2-6(13)8(15)7(5)14)19-11(20-10)21-4-16-3-17-21/h1-4H. The summed E-state index contributed by atoms with van der Waals surface area (Å²) in [4.78, 5) is 15.1. The van der Waals surface area contributed by atoms with Crippen LogP contribution in [0, 0.1) is 17.5 Å². The van der Waals surface area contributed by atoms with Crippen LogP contribution in [-0.4, -0.2) is 29.7 Å². The number of hydrogen-bond donors (Lipinski definition) is 0. The lowest BCUT2D eigenvalue weighted by Crippen LogP contribution is -2.06. The summed E-state index contributed by atoms with van der Waals surface area (Å²) in [6.07, 6.45) is 2.52.